The van der Waals surface area contributed by atoms with Gasteiger partial charge in [0.05, 0.1) is 0 Å². The first kappa shape index (κ1) is 24.1. The third kappa shape index (κ3) is 8.60. The van der Waals surface area contributed by atoms with Crippen LogP contribution in [0.2, 0.25) is 0 Å². The van der Waals surface area contributed by atoms with Crippen LogP contribution >= 0.6 is 0 Å². The normalized spacial score (nSPS) is 12.6. The van der Waals surface area contributed by atoms with E-state index in [1.807, 2.05) is 74.5 Å². The SMILES string of the molecule is CC(C)CC(CC(=O)NO)C(=O)NC(Cc1ccccc1)C(=O)NCc1ccccc1. The summed E-state index contributed by atoms with van der Waals surface area (Å²) in [7, 11) is 0. The molecule has 7 nitrogen and oxygen atoms in total. The highest BCUT2D eigenvalue weighted by atomic mass is 16.5. The molecule has 0 aromatic heterocycles. The van der Waals surface area contributed by atoms with E-state index in [-0.39, 0.29) is 24.2 Å². The van der Waals surface area contributed by atoms with Crippen molar-refractivity contribution in [1.82, 2.24) is 16.1 Å². The Labute approximate surface area is 183 Å². The first-order valence-electron chi connectivity index (χ1n) is 10.5. The molecule has 2 aromatic rings. The Kier molecular flexibility index (Phi) is 9.71. The van der Waals surface area contributed by atoms with Gasteiger partial charge in [-0.2, -0.15) is 0 Å². The largest absolute Gasteiger partial charge is 0.350 e. The van der Waals surface area contributed by atoms with Crippen LogP contribution in [0, 0.1) is 11.8 Å². The minimum absolute atomic E-state index is 0.149. The standard InChI is InChI=1S/C24H31N3O4/c1-17(2)13-20(15-22(28)27-31)23(29)26-21(14-18-9-5-3-6-10-18)24(30)25-16-19-11-7-4-8-12-19/h3-12,17,20-21,31H,13-16H2,1-2H3,(H,25,30)(H,26,29)(H,27,28). The number of amides is 3. The van der Waals surface area contributed by atoms with Crippen LogP contribution in [-0.4, -0.2) is 29.0 Å². The summed E-state index contributed by atoms with van der Waals surface area (Å²) < 4.78 is 0. The van der Waals surface area contributed by atoms with E-state index in [1.54, 1.807) is 5.48 Å². The van der Waals surface area contributed by atoms with Crippen LogP contribution in [-0.2, 0) is 27.3 Å². The molecule has 0 saturated heterocycles. The third-order valence-electron chi connectivity index (χ3n) is 4.91. The molecule has 0 bridgehead atoms. The summed E-state index contributed by atoms with van der Waals surface area (Å²) in [6.45, 7) is 4.25. The molecule has 0 aliphatic heterocycles. The number of carbonyl (C=O) groups excluding carboxylic acids is 3. The monoisotopic (exact) mass is 425 g/mol. The number of carbonyl (C=O) groups is 3. The van der Waals surface area contributed by atoms with E-state index in [0.29, 0.717) is 19.4 Å². The summed E-state index contributed by atoms with van der Waals surface area (Å²) in [4.78, 5) is 37.5. The molecule has 4 N–H and O–H groups in total. The van der Waals surface area contributed by atoms with Gasteiger partial charge >= 0.3 is 0 Å². The quantitative estimate of drug-likeness (QED) is 0.328. The van der Waals surface area contributed by atoms with Crippen molar-refractivity contribution >= 4 is 17.7 Å². The number of hydrogen-bond donors (Lipinski definition) is 4. The van der Waals surface area contributed by atoms with E-state index < -0.39 is 17.9 Å². The van der Waals surface area contributed by atoms with Crippen molar-refractivity contribution in [3.8, 4) is 0 Å². The highest BCUT2D eigenvalue weighted by Gasteiger charge is 2.28. The van der Waals surface area contributed by atoms with Gasteiger partial charge in [-0.3, -0.25) is 19.6 Å². The van der Waals surface area contributed by atoms with Gasteiger partial charge in [-0.15, -0.1) is 0 Å². The van der Waals surface area contributed by atoms with Crippen LogP contribution in [0.25, 0.3) is 0 Å². The van der Waals surface area contributed by atoms with Crippen LogP contribution in [0.1, 0.15) is 37.8 Å². The Balaban J connectivity index is 2.12. The number of hydrogen-bond acceptors (Lipinski definition) is 4. The molecular formula is C24H31N3O4. The lowest BCUT2D eigenvalue weighted by Crippen LogP contribution is -2.50. The van der Waals surface area contributed by atoms with Crippen molar-refractivity contribution in [2.24, 2.45) is 11.8 Å². The van der Waals surface area contributed by atoms with E-state index in [1.165, 1.54) is 0 Å². The highest BCUT2D eigenvalue weighted by Crippen LogP contribution is 2.17. The van der Waals surface area contributed by atoms with Gasteiger partial charge < -0.3 is 10.6 Å². The molecule has 0 aliphatic carbocycles. The number of hydroxylamine groups is 1. The smallest absolute Gasteiger partial charge is 0.244 e. The zero-order valence-corrected chi connectivity index (χ0v) is 18.0. The van der Waals surface area contributed by atoms with Gasteiger partial charge in [0.2, 0.25) is 17.7 Å². The molecule has 2 rings (SSSR count). The Bertz CT molecular complexity index is 840. The second-order valence-corrected chi connectivity index (χ2v) is 8.02. The summed E-state index contributed by atoms with van der Waals surface area (Å²) >= 11 is 0. The number of rotatable bonds is 11. The maximum atomic E-state index is 13.0. The second kappa shape index (κ2) is 12.5. The molecule has 166 valence electrons. The summed E-state index contributed by atoms with van der Waals surface area (Å²) in [5, 5.41) is 14.6. The molecule has 0 saturated carbocycles. The molecule has 2 aromatic carbocycles. The summed E-state index contributed by atoms with van der Waals surface area (Å²) in [6, 6.07) is 18.2. The predicted molar refractivity (Wildman–Crippen MR) is 118 cm³/mol. The van der Waals surface area contributed by atoms with Crippen molar-refractivity contribution in [2.45, 2.75) is 45.7 Å². The van der Waals surface area contributed by atoms with Gasteiger partial charge in [0, 0.05) is 25.3 Å². The lowest BCUT2D eigenvalue weighted by Gasteiger charge is -2.23. The Hall–Kier alpha value is -3.19. The zero-order chi connectivity index (χ0) is 22.6. The average Bonchev–Trinajstić information content (AvgIpc) is 2.77. The first-order chi connectivity index (χ1) is 14.9. The first-order valence-corrected chi connectivity index (χ1v) is 10.5. The van der Waals surface area contributed by atoms with Gasteiger partial charge in [-0.1, -0.05) is 74.5 Å². The van der Waals surface area contributed by atoms with Crippen molar-refractivity contribution < 1.29 is 19.6 Å². The highest BCUT2D eigenvalue weighted by molar-refractivity contribution is 5.90. The fourth-order valence-electron chi connectivity index (χ4n) is 3.38. The van der Waals surface area contributed by atoms with Gasteiger partial charge in [0.1, 0.15) is 6.04 Å². The van der Waals surface area contributed by atoms with Crippen LogP contribution in [0.3, 0.4) is 0 Å². The van der Waals surface area contributed by atoms with Gasteiger partial charge in [0.25, 0.3) is 0 Å². The maximum absolute atomic E-state index is 13.0. The summed E-state index contributed by atoms with van der Waals surface area (Å²) in [5.41, 5.74) is 3.45. The van der Waals surface area contributed by atoms with Gasteiger partial charge in [0.15, 0.2) is 0 Å². The Morgan fingerprint density at radius 1 is 0.871 bits per heavy atom. The van der Waals surface area contributed by atoms with Crippen molar-refractivity contribution in [2.75, 3.05) is 0 Å². The van der Waals surface area contributed by atoms with E-state index in [2.05, 4.69) is 10.6 Å². The van der Waals surface area contributed by atoms with Crippen molar-refractivity contribution in [1.29, 1.82) is 0 Å². The van der Waals surface area contributed by atoms with Gasteiger partial charge in [-0.05, 0) is 23.5 Å². The van der Waals surface area contributed by atoms with Crippen molar-refractivity contribution in [3.05, 3.63) is 71.8 Å². The Morgan fingerprint density at radius 3 is 2.00 bits per heavy atom. The van der Waals surface area contributed by atoms with Crippen molar-refractivity contribution in [3.63, 3.8) is 0 Å². The summed E-state index contributed by atoms with van der Waals surface area (Å²) in [6.07, 6.45) is 0.640. The lowest BCUT2D eigenvalue weighted by atomic mass is 9.92. The molecule has 2 unspecified atom stereocenters. The zero-order valence-electron chi connectivity index (χ0n) is 18.0. The third-order valence-corrected chi connectivity index (χ3v) is 4.91. The molecule has 0 radical (unpaired) electrons. The number of benzene rings is 2. The molecule has 31 heavy (non-hydrogen) atoms. The molecule has 0 spiro atoms. The van der Waals surface area contributed by atoms with Crippen LogP contribution < -0.4 is 16.1 Å². The predicted octanol–water partition coefficient (Wildman–Crippen LogP) is 2.59. The van der Waals surface area contributed by atoms with Crippen LogP contribution in [0.4, 0.5) is 0 Å². The molecule has 7 heteroatoms. The molecule has 3 amide bonds. The lowest BCUT2D eigenvalue weighted by molar-refractivity contribution is -0.136. The Morgan fingerprint density at radius 2 is 1.45 bits per heavy atom. The molecular weight excluding hydrogens is 394 g/mol. The summed E-state index contributed by atoms with van der Waals surface area (Å²) in [5.74, 6) is -1.79. The van der Waals surface area contributed by atoms with Crippen LogP contribution in [0.15, 0.2) is 60.7 Å². The molecule has 0 aliphatic rings. The van der Waals surface area contributed by atoms with Gasteiger partial charge in [-0.25, -0.2) is 5.48 Å². The van der Waals surface area contributed by atoms with E-state index >= 15 is 0 Å². The number of nitrogens with one attached hydrogen (secondary N) is 3. The molecule has 0 fully saturated rings. The second-order valence-electron chi connectivity index (χ2n) is 8.02. The van der Waals surface area contributed by atoms with E-state index in [4.69, 9.17) is 5.21 Å². The topological polar surface area (TPSA) is 108 Å². The fourth-order valence-corrected chi connectivity index (χ4v) is 3.38. The van der Waals surface area contributed by atoms with Crippen LogP contribution in [0.5, 0.6) is 0 Å². The minimum atomic E-state index is -0.787. The van der Waals surface area contributed by atoms with E-state index in [9.17, 15) is 14.4 Å². The van der Waals surface area contributed by atoms with E-state index in [0.717, 1.165) is 11.1 Å². The minimum Gasteiger partial charge on any atom is -0.350 e. The fraction of sp³-hybridized carbons (Fsp3) is 0.375. The average molecular weight is 426 g/mol. The maximum Gasteiger partial charge on any atom is 0.244 e. The molecule has 2 atom stereocenters. The molecule has 0 heterocycles.